The molecule has 1 rings (SSSR count). The molecule has 0 unspecified atom stereocenters. The van der Waals surface area contributed by atoms with E-state index in [0.717, 1.165) is 11.8 Å². The van der Waals surface area contributed by atoms with Crippen molar-refractivity contribution in [1.82, 2.24) is 4.90 Å². The van der Waals surface area contributed by atoms with Crippen LogP contribution in [0.5, 0.6) is 0 Å². The van der Waals surface area contributed by atoms with Gasteiger partial charge in [0.25, 0.3) is 0 Å². The van der Waals surface area contributed by atoms with Gasteiger partial charge in [0.2, 0.25) is 0 Å². The Bertz CT molecular complexity index is 122. The fourth-order valence-corrected chi connectivity index (χ4v) is 2.41. The summed E-state index contributed by atoms with van der Waals surface area (Å²) in [6.45, 7) is 11.0. The highest BCUT2D eigenvalue weighted by Crippen LogP contribution is 2.25. The number of piperidine rings is 1. The first-order chi connectivity index (χ1) is 5.77. The number of nitrogens with zero attached hydrogens (tertiary/aromatic N) is 1. The molecule has 1 heterocycles. The van der Waals surface area contributed by atoms with Crippen molar-refractivity contribution in [2.45, 2.75) is 40.0 Å². The van der Waals surface area contributed by atoms with E-state index in [1.54, 1.807) is 0 Å². The molecule has 1 aliphatic heterocycles. The van der Waals surface area contributed by atoms with Gasteiger partial charge in [-0.1, -0.05) is 27.2 Å². The third-order valence-electron chi connectivity index (χ3n) is 3.23. The van der Waals surface area contributed by atoms with E-state index < -0.39 is 0 Å². The number of rotatable bonds is 3. The second kappa shape index (κ2) is 4.86. The second-order valence-electron chi connectivity index (χ2n) is 4.23. The van der Waals surface area contributed by atoms with E-state index in [-0.39, 0.29) is 0 Å². The van der Waals surface area contributed by atoms with Gasteiger partial charge in [0.15, 0.2) is 0 Å². The molecular formula is C11H23N. The van der Waals surface area contributed by atoms with E-state index in [4.69, 9.17) is 0 Å². The van der Waals surface area contributed by atoms with Crippen molar-refractivity contribution in [3.05, 3.63) is 0 Å². The summed E-state index contributed by atoms with van der Waals surface area (Å²) in [4.78, 5) is 2.62. The lowest BCUT2D eigenvalue weighted by molar-refractivity contribution is 0.127. The molecule has 0 aromatic heterocycles. The Kier molecular flexibility index (Phi) is 4.07. The summed E-state index contributed by atoms with van der Waals surface area (Å²) in [5.41, 5.74) is 0. The fraction of sp³-hybridized carbons (Fsp3) is 1.00. The lowest BCUT2D eigenvalue weighted by atomic mass is 9.85. The summed E-state index contributed by atoms with van der Waals surface area (Å²) in [6, 6.07) is 0. The van der Waals surface area contributed by atoms with Gasteiger partial charge < -0.3 is 4.90 Å². The Morgan fingerprint density at radius 2 is 2.08 bits per heavy atom. The molecular weight excluding hydrogens is 146 g/mol. The molecule has 0 aliphatic carbocycles. The van der Waals surface area contributed by atoms with Gasteiger partial charge in [0.05, 0.1) is 0 Å². The third-order valence-corrected chi connectivity index (χ3v) is 3.23. The first-order valence-corrected chi connectivity index (χ1v) is 5.50. The van der Waals surface area contributed by atoms with Gasteiger partial charge in [-0.05, 0) is 37.8 Å². The zero-order valence-electron chi connectivity index (χ0n) is 8.84. The maximum atomic E-state index is 2.62. The van der Waals surface area contributed by atoms with Crippen LogP contribution in [0.25, 0.3) is 0 Å². The molecule has 72 valence electrons. The van der Waals surface area contributed by atoms with Crippen molar-refractivity contribution in [2.75, 3.05) is 19.6 Å². The van der Waals surface area contributed by atoms with Crippen LogP contribution in [-0.4, -0.2) is 24.5 Å². The minimum atomic E-state index is 0.926. The summed E-state index contributed by atoms with van der Waals surface area (Å²) >= 11 is 0. The Morgan fingerprint density at radius 1 is 1.33 bits per heavy atom. The molecule has 1 saturated heterocycles. The van der Waals surface area contributed by atoms with Crippen molar-refractivity contribution in [3.63, 3.8) is 0 Å². The van der Waals surface area contributed by atoms with E-state index in [1.807, 2.05) is 0 Å². The molecule has 0 radical (unpaired) electrons. The van der Waals surface area contributed by atoms with Gasteiger partial charge in [-0.3, -0.25) is 0 Å². The normalized spacial score (nSPS) is 32.2. The SMILES string of the molecule is CCCN1CC[C@H](CC)[C@@H](C)C1. The molecule has 0 bridgehead atoms. The van der Waals surface area contributed by atoms with Gasteiger partial charge in [0.1, 0.15) is 0 Å². The van der Waals surface area contributed by atoms with Crippen LogP contribution in [0.2, 0.25) is 0 Å². The highest BCUT2D eigenvalue weighted by atomic mass is 15.1. The molecule has 1 nitrogen and oxygen atoms in total. The highest BCUT2D eigenvalue weighted by Gasteiger charge is 2.23. The first-order valence-electron chi connectivity index (χ1n) is 5.50. The van der Waals surface area contributed by atoms with Crippen LogP contribution in [0.1, 0.15) is 40.0 Å². The van der Waals surface area contributed by atoms with Crippen molar-refractivity contribution in [3.8, 4) is 0 Å². The quantitative estimate of drug-likeness (QED) is 0.628. The van der Waals surface area contributed by atoms with Crippen molar-refractivity contribution < 1.29 is 0 Å². The molecule has 1 heteroatoms. The van der Waals surface area contributed by atoms with Crippen molar-refractivity contribution in [1.29, 1.82) is 0 Å². The largest absolute Gasteiger partial charge is 0.303 e. The average Bonchev–Trinajstić information content (AvgIpc) is 2.05. The summed E-state index contributed by atoms with van der Waals surface area (Å²) in [5.74, 6) is 1.92. The molecule has 0 aromatic rings. The number of hydrogen-bond acceptors (Lipinski definition) is 1. The second-order valence-corrected chi connectivity index (χ2v) is 4.23. The zero-order valence-corrected chi connectivity index (χ0v) is 8.84. The van der Waals surface area contributed by atoms with Crippen LogP contribution < -0.4 is 0 Å². The van der Waals surface area contributed by atoms with E-state index in [1.165, 1.54) is 38.9 Å². The molecule has 1 aliphatic rings. The van der Waals surface area contributed by atoms with Gasteiger partial charge in [0, 0.05) is 6.54 Å². The fourth-order valence-electron chi connectivity index (χ4n) is 2.41. The number of likely N-dealkylation sites (tertiary alicyclic amines) is 1. The topological polar surface area (TPSA) is 3.24 Å². The van der Waals surface area contributed by atoms with Crippen LogP contribution in [-0.2, 0) is 0 Å². The summed E-state index contributed by atoms with van der Waals surface area (Å²) < 4.78 is 0. The van der Waals surface area contributed by atoms with Crippen molar-refractivity contribution in [2.24, 2.45) is 11.8 Å². The maximum Gasteiger partial charge on any atom is 0.000967 e. The Morgan fingerprint density at radius 3 is 2.58 bits per heavy atom. The summed E-state index contributed by atoms with van der Waals surface area (Å²) in [6.07, 6.45) is 4.11. The van der Waals surface area contributed by atoms with Crippen LogP contribution >= 0.6 is 0 Å². The van der Waals surface area contributed by atoms with E-state index in [9.17, 15) is 0 Å². The van der Waals surface area contributed by atoms with E-state index in [0.29, 0.717) is 0 Å². The lowest BCUT2D eigenvalue weighted by Gasteiger charge is -2.36. The third kappa shape index (κ3) is 2.48. The van der Waals surface area contributed by atoms with Crippen molar-refractivity contribution >= 4 is 0 Å². The lowest BCUT2D eigenvalue weighted by Crippen LogP contribution is -2.39. The minimum Gasteiger partial charge on any atom is -0.303 e. The molecule has 12 heavy (non-hydrogen) atoms. The summed E-state index contributed by atoms with van der Waals surface area (Å²) in [5, 5.41) is 0. The van der Waals surface area contributed by atoms with Gasteiger partial charge >= 0.3 is 0 Å². The van der Waals surface area contributed by atoms with E-state index >= 15 is 0 Å². The first kappa shape index (κ1) is 10.0. The van der Waals surface area contributed by atoms with Gasteiger partial charge in [-0.2, -0.15) is 0 Å². The molecule has 1 fully saturated rings. The van der Waals surface area contributed by atoms with Crippen LogP contribution in [0.4, 0.5) is 0 Å². The van der Waals surface area contributed by atoms with Crippen LogP contribution in [0, 0.1) is 11.8 Å². The Labute approximate surface area is 77.1 Å². The Balaban J connectivity index is 2.30. The number of hydrogen-bond donors (Lipinski definition) is 0. The monoisotopic (exact) mass is 169 g/mol. The van der Waals surface area contributed by atoms with E-state index in [2.05, 4.69) is 25.7 Å². The van der Waals surface area contributed by atoms with Crippen LogP contribution in [0.3, 0.4) is 0 Å². The zero-order chi connectivity index (χ0) is 8.97. The molecule has 0 spiro atoms. The predicted molar refractivity (Wildman–Crippen MR) is 54.3 cm³/mol. The molecule has 0 aromatic carbocycles. The standard InChI is InChI=1S/C11H23N/c1-4-7-12-8-6-11(5-2)10(3)9-12/h10-11H,4-9H2,1-3H3/t10-,11-/m0/s1. The molecule has 0 amide bonds. The highest BCUT2D eigenvalue weighted by molar-refractivity contribution is 4.76. The summed E-state index contributed by atoms with van der Waals surface area (Å²) in [7, 11) is 0. The molecule has 0 saturated carbocycles. The average molecular weight is 169 g/mol. The smallest absolute Gasteiger partial charge is 0.000967 e. The van der Waals surface area contributed by atoms with Gasteiger partial charge in [-0.15, -0.1) is 0 Å². The minimum absolute atomic E-state index is 0.926. The maximum absolute atomic E-state index is 2.62. The van der Waals surface area contributed by atoms with Gasteiger partial charge in [-0.25, -0.2) is 0 Å². The predicted octanol–water partition coefficient (Wildman–Crippen LogP) is 2.76. The Hall–Kier alpha value is -0.0400. The molecule has 2 atom stereocenters. The molecule has 0 N–H and O–H groups in total. The van der Waals surface area contributed by atoms with Crippen LogP contribution in [0.15, 0.2) is 0 Å².